The van der Waals surface area contributed by atoms with E-state index in [0.717, 1.165) is 64.2 Å². The predicted molar refractivity (Wildman–Crippen MR) is 132 cm³/mol. The zero-order valence-corrected chi connectivity index (χ0v) is 19.8. The topological polar surface area (TPSA) is 13.1 Å². The average molecular weight is 407 g/mol. The minimum atomic E-state index is 0.888. The molecule has 0 fully saturated rings. The van der Waals surface area contributed by atoms with Crippen molar-refractivity contribution in [2.24, 2.45) is 0 Å². The van der Waals surface area contributed by atoms with Gasteiger partial charge in [0.25, 0.3) is 0 Å². The predicted octanol–water partition coefficient (Wildman–Crippen LogP) is 9.14. The molecule has 164 valence electrons. The van der Waals surface area contributed by atoms with E-state index in [1.165, 1.54) is 34.3 Å². The van der Waals surface area contributed by atoms with Crippen LogP contribution in [0.15, 0.2) is 69.6 Å². The first-order valence-corrected chi connectivity index (χ1v) is 11.6. The van der Waals surface area contributed by atoms with Crippen molar-refractivity contribution in [3.63, 3.8) is 0 Å². The number of hydrogen-bond acceptors (Lipinski definition) is 1. The van der Waals surface area contributed by atoms with E-state index >= 15 is 0 Å². The van der Waals surface area contributed by atoms with E-state index < -0.39 is 0 Å². The summed E-state index contributed by atoms with van der Waals surface area (Å²) in [6.07, 6.45) is 30.7. The van der Waals surface area contributed by atoms with Gasteiger partial charge in [0.1, 0.15) is 0 Å². The molecule has 0 amide bonds. The van der Waals surface area contributed by atoms with Gasteiger partial charge in [-0.1, -0.05) is 46.6 Å². The van der Waals surface area contributed by atoms with E-state index in [-0.39, 0.29) is 0 Å². The van der Waals surface area contributed by atoms with Gasteiger partial charge in [0.05, 0.1) is 12.5 Å². The maximum absolute atomic E-state index is 5.31. The monoisotopic (exact) mass is 406 g/mol. The third kappa shape index (κ3) is 13.9. The van der Waals surface area contributed by atoms with Gasteiger partial charge in [-0.3, -0.25) is 0 Å². The molecule has 1 heteroatoms. The maximum Gasteiger partial charge on any atom is 0.0934 e. The van der Waals surface area contributed by atoms with E-state index in [1.54, 1.807) is 6.26 Å². The number of aryl methyl sites for hydroxylation is 1. The van der Waals surface area contributed by atoms with Crippen LogP contribution >= 0.6 is 0 Å². The van der Waals surface area contributed by atoms with Gasteiger partial charge >= 0.3 is 0 Å². The van der Waals surface area contributed by atoms with E-state index in [0.29, 0.717) is 0 Å². The van der Waals surface area contributed by atoms with Gasteiger partial charge in [0.15, 0.2) is 0 Å². The van der Waals surface area contributed by atoms with Crippen molar-refractivity contribution in [1.29, 1.82) is 0 Å². The first-order chi connectivity index (χ1) is 14.5. The lowest BCUT2D eigenvalue weighted by atomic mass is 10.0. The lowest BCUT2D eigenvalue weighted by Gasteiger charge is -2.03. The number of rotatable bonds is 15. The molecule has 0 atom stereocenters. The highest BCUT2D eigenvalue weighted by Gasteiger charge is 1.96. The molecule has 0 bridgehead atoms. The van der Waals surface area contributed by atoms with Gasteiger partial charge in [0, 0.05) is 6.42 Å². The summed E-state index contributed by atoms with van der Waals surface area (Å²) < 4.78 is 5.11. The Balaban J connectivity index is 2.17. The van der Waals surface area contributed by atoms with Crippen molar-refractivity contribution in [2.45, 2.75) is 98.3 Å². The third-order valence-electron chi connectivity index (χ3n) is 5.49. The minimum absolute atomic E-state index is 0.888. The first-order valence-electron chi connectivity index (χ1n) is 11.6. The summed E-state index contributed by atoms with van der Waals surface area (Å²) >= 11 is 0. The molecular weight excluding hydrogens is 364 g/mol. The summed E-state index contributed by atoms with van der Waals surface area (Å²) in [7, 11) is 0. The van der Waals surface area contributed by atoms with Crippen molar-refractivity contribution in [3.8, 4) is 12.3 Å². The first kappa shape index (κ1) is 25.8. The summed E-state index contributed by atoms with van der Waals surface area (Å²) in [5, 5.41) is 0. The van der Waals surface area contributed by atoms with Crippen LogP contribution in [0.1, 0.15) is 97.5 Å². The van der Waals surface area contributed by atoms with Gasteiger partial charge in [-0.05, 0) is 104 Å². The van der Waals surface area contributed by atoms with Crippen molar-refractivity contribution in [1.82, 2.24) is 0 Å². The number of unbranched alkanes of at least 4 members (excludes halogenated alkanes) is 1. The fourth-order valence-corrected chi connectivity index (χ4v) is 3.44. The molecule has 0 N–H and O–H groups in total. The lowest BCUT2D eigenvalue weighted by Crippen LogP contribution is -1.84. The lowest BCUT2D eigenvalue weighted by molar-refractivity contribution is 0.564. The van der Waals surface area contributed by atoms with Crippen molar-refractivity contribution < 1.29 is 4.42 Å². The van der Waals surface area contributed by atoms with Crippen LogP contribution in [0.2, 0.25) is 0 Å². The Kier molecular flexibility index (Phi) is 14.3. The highest BCUT2D eigenvalue weighted by atomic mass is 16.3. The second kappa shape index (κ2) is 16.6. The molecule has 1 heterocycles. The Morgan fingerprint density at radius 2 is 1.30 bits per heavy atom. The van der Waals surface area contributed by atoms with Crippen LogP contribution in [-0.2, 0) is 6.42 Å². The Morgan fingerprint density at radius 1 is 0.800 bits per heavy atom. The third-order valence-corrected chi connectivity index (χ3v) is 5.49. The second-order valence-corrected chi connectivity index (χ2v) is 8.55. The highest BCUT2D eigenvalue weighted by molar-refractivity contribution is 5.10. The van der Waals surface area contributed by atoms with Crippen LogP contribution < -0.4 is 0 Å². The molecule has 0 saturated heterocycles. The number of allylic oxidation sites excluding steroid dienone is 8. The molecule has 0 spiro atoms. The number of terminal acetylenes is 1. The molecule has 1 nitrogen and oxygen atoms in total. The van der Waals surface area contributed by atoms with Crippen LogP contribution in [0.25, 0.3) is 0 Å². The molecule has 0 radical (unpaired) electrons. The zero-order valence-electron chi connectivity index (χ0n) is 19.8. The normalized spacial score (nSPS) is 13.6. The Morgan fingerprint density at radius 3 is 1.77 bits per heavy atom. The molecule has 30 heavy (non-hydrogen) atoms. The fourth-order valence-electron chi connectivity index (χ4n) is 3.44. The van der Waals surface area contributed by atoms with E-state index in [2.05, 4.69) is 57.9 Å². The van der Waals surface area contributed by atoms with E-state index in [4.69, 9.17) is 10.8 Å². The minimum Gasteiger partial charge on any atom is -0.472 e. The molecule has 0 saturated carbocycles. The Bertz CT molecular complexity index is 732. The molecule has 0 aliphatic rings. The van der Waals surface area contributed by atoms with Crippen LogP contribution in [0.4, 0.5) is 0 Å². The maximum atomic E-state index is 5.31. The van der Waals surface area contributed by atoms with Crippen molar-refractivity contribution in [3.05, 3.63) is 70.8 Å². The zero-order chi connectivity index (χ0) is 22.0. The van der Waals surface area contributed by atoms with Gasteiger partial charge in [0.2, 0.25) is 0 Å². The smallest absolute Gasteiger partial charge is 0.0934 e. The van der Waals surface area contributed by atoms with Crippen molar-refractivity contribution in [2.75, 3.05) is 0 Å². The molecule has 0 unspecified atom stereocenters. The van der Waals surface area contributed by atoms with Crippen molar-refractivity contribution >= 4 is 0 Å². The molecule has 1 rings (SSSR count). The van der Waals surface area contributed by atoms with Crippen LogP contribution in [0.3, 0.4) is 0 Å². The van der Waals surface area contributed by atoms with Crippen LogP contribution in [0.5, 0.6) is 0 Å². The summed E-state index contributed by atoms with van der Waals surface area (Å²) in [5.74, 6) is 2.71. The van der Waals surface area contributed by atoms with E-state index in [9.17, 15) is 0 Å². The SMILES string of the molecule is C#CCCC/C(C)=C/CC/C(C)=C/CC/C(C)=C/CC/C(C)=C/CCc1ccoc1. The second-order valence-electron chi connectivity index (χ2n) is 8.55. The van der Waals surface area contributed by atoms with Crippen LogP contribution in [0, 0.1) is 12.3 Å². The highest BCUT2D eigenvalue weighted by Crippen LogP contribution is 2.15. The molecule has 1 aromatic rings. The largest absolute Gasteiger partial charge is 0.472 e. The summed E-state index contributed by atoms with van der Waals surface area (Å²) in [6, 6.07) is 2.05. The molecule has 0 aliphatic carbocycles. The molecule has 1 aromatic heterocycles. The molecular formula is C29H42O. The van der Waals surface area contributed by atoms with Crippen LogP contribution in [-0.4, -0.2) is 0 Å². The standard InChI is InChI=1S/C29H42O/c1-6-7-8-13-25(2)14-9-15-26(3)16-10-17-27(4)18-11-19-28(5)20-12-21-29-22-23-30-24-29/h1,14,16,18,20,22-24H,7-13,15,17,19,21H2,2-5H3/b25-14+,26-16+,27-18+,28-20+. The summed E-state index contributed by atoms with van der Waals surface area (Å²) in [6.45, 7) is 9.00. The number of hydrogen-bond donors (Lipinski definition) is 0. The number of furan rings is 1. The fraction of sp³-hybridized carbons (Fsp3) is 0.517. The molecule has 0 aromatic carbocycles. The summed E-state index contributed by atoms with van der Waals surface area (Å²) in [4.78, 5) is 0. The quantitative estimate of drug-likeness (QED) is 0.161. The van der Waals surface area contributed by atoms with Gasteiger partial charge in [-0.15, -0.1) is 12.3 Å². The molecule has 0 aliphatic heterocycles. The Hall–Kier alpha value is -2.20. The van der Waals surface area contributed by atoms with E-state index in [1.807, 2.05) is 12.3 Å². The average Bonchev–Trinajstić information content (AvgIpc) is 3.22. The van der Waals surface area contributed by atoms with Gasteiger partial charge in [-0.2, -0.15) is 0 Å². The van der Waals surface area contributed by atoms with Gasteiger partial charge < -0.3 is 4.42 Å². The Labute approximate surface area is 186 Å². The van der Waals surface area contributed by atoms with Gasteiger partial charge in [-0.25, -0.2) is 0 Å². The summed E-state index contributed by atoms with van der Waals surface area (Å²) in [5.41, 5.74) is 7.26.